The zero-order valence-electron chi connectivity index (χ0n) is 23.4. The highest BCUT2D eigenvalue weighted by molar-refractivity contribution is 5.90. The van der Waals surface area contributed by atoms with E-state index in [9.17, 15) is 19.2 Å². The number of unbranched alkanes of at least 4 members (excludes halogenated alkanes) is 4. The molecule has 1 atom stereocenters. The summed E-state index contributed by atoms with van der Waals surface area (Å²) in [4.78, 5) is 52.2. The van der Waals surface area contributed by atoms with Crippen LogP contribution in [0.25, 0.3) is 0 Å². The monoisotopic (exact) mass is 529 g/mol. The molecule has 1 unspecified atom stereocenters. The summed E-state index contributed by atoms with van der Waals surface area (Å²) < 4.78 is 10.2. The predicted molar refractivity (Wildman–Crippen MR) is 146 cm³/mol. The van der Waals surface area contributed by atoms with Crippen LogP contribution in [0.2, 0.25) is 0 Å². The fourth-order valence-electron chi connectivity index (χ4n) is 3.70. The van der Waals surface area contributed by atoms with Crippen LogP contribution in [0.3, 0.4) is 0 Å². The molecule has 2 N–H and O–H groups in total. The van der Waals surface area contributed by atoms with E-state index in [1.165, 1.54) is 4.90 Å². The van der Waals surface area contributed by atoms with Gasteiger partial charge in [0.25, 0.3) is 0 Å². The molecule has 9 heteroatoms. The molecule has 0 saturated heterocycles. The maximum Gasteiger partial charge on any atom is 0.408 e. The number of benzene rings is 1. The zero-order valence-corrected chi connectivity index (χ0v) is 23.4. The number of rotatable bonds is 15. The van der Waals surface area contributed by atoms with E-state index in [0.717, 1.165) is 25.7 Å². The van der Waals surface area contributed by atoms with Gasteiger partial charge in [0.05, 0.1) is 13.0 Å². The lowest BCUT2D eigenvalue weighted by atomic mass is 10.0. The molecule has 0 aliphatic carbocycles. The Hall–Kier alpha value is -3.54. The minimum atomic E-state index is -0.983. The van der Waals surface area contributed by atoms with Gasteiger partial charge in [0.2, 0.25) is 11.8 Å². The van der Waals surface area contributed by atoms with Crippen molar-refractivity contribution in [3.63, 3.8) is 0 Å². The first-order chi connectivity index (χ1) is 18.0. The number of ether oxygens (including phenoxy) is 2. The largest absolute Gasteiger partial charge is 0.466 e. The second-order valence-corrected chi connectivity index (χ2v) is 9.87. The SMILES string of the molecule is C#Cc1ccc(C(C(=O)NCCC(=O)OCC)N(CCCCCCC)C(=O)CNC(=O)OC(C)(C)C)cc1. The maximum absolute atomic E-state index is 13.4. The number of amides is 3. The normalized spacial score (nSPS) is 11.6. The summed E-state index contributed by atoms with van der Waals surface area (Å²) in [5.74, 6) is 1.25. The third-order valence-corrected chi connectivity index (χ3v) is 5.49. The standard InChI is InChI=1S/C29H43N3O6/c1-7-10-11-12-13-20-32(24(33)21-31-28(36)38-29(4,5)6)26(23-16-14-22(8-2)15-17-23)27(35)30-19-18-25(34)37-9-3/h2,14-17,26H,7,9-13,18-21H2,1,3-6H3,(H,30,35)(H,31,36). The van der Waals surface area contributed by atoms with Gasteiger partial charge in [-0.3, -0.25) is 14.4 Å². The smallest absolute Gasteiger partial charge is 0.408 e. The van der Waals surface area contributed by atoms with Crippen LogP contribution in [0, 0.1) is 12.3 Å². The Bertz CT molecular complexity index is 947. The molecule has 3 amide bonds. The minimum absolute atomic E-state index is 0.00744. The van der Waals surface area contributed by atoms with Gasteiger partial charge in [-0.1, -0.05) is 50.7 Å². The summed E-state index contributed by atoms with van der Waals surface area (Å²) >= 11 is 0. The molecule has 0 aromatic heterocycles. The van der Waals surface area contributed by atoms with E-state index in [1.807, 2.05) is 0 Å². The van der Waals surface area contributed by atoms with Gasteiger partial charge in [-0.05, 0) is 51.8 Å². The Morgan fingerprint density at radius 2 is 1.66 bits per heavy atom. The van der Waals surface area contributed by atoms with Gasteiger partial charge >= 0.3 is 12.1 Å². The number of hydrogen-bond acceptors (Lipinski definition) is 6. The molecule has 1 aromatic rings. The predicted octanol–water partition coefficient (Wildman–Crippen LogP) is 4.10. The molecule has 38 heavy (non-hydrogen) atoms. The molecule has 0 spiro atoms. The summed E-state index contributed by atoms with van der Waals surface area (Å²) in [5.41, 5.74) is 0.489. The average Bonchev–Trinajstić information content (AvgIpc) is 2.85. The van der Waals surface area contributed by atoms with Gasteiger partial charge in [-0.2, -0.15) is 0 Å². The Morgan fingerprint density at radius 3 is 2.24 bits per heavy atom. The molecule has 0 bridgehead atoms. The molecule has 210 valence electrons. The van der Waals surface area contributed by atoms with Crippen LogP contribution in [0.1, 0.15) is 90.3 Å². The highest BCUT2D eigenvalue weighted by Gasteiger charge is 2.31. The number of alkyl carbamates (subject to hydrolysis) is 1. The van der Waals surface area contributed by atoms with Crippen molar-refractivity contribution in [2.45, 2.75) is 84.8 Å². The van der Waals surface area contributed by atoms with Crippen molar-refractivity contribution < 1.29 is 28.7 Å². The number of esters is 1. The van der Waals surface area contributed by atoms with Gasteiger partial charge in [0.1, 0.15) is 18.2 Å². The number of terminal acetylenes is 1. The van der Waals surface area contributed by atoms with E-state index in [2.05, 4.69) is 23.5 Å². The number of carbonyl (C=O) groups excluding carboxylic acids is 4. The van der Waals surface area contributed by atoms with Crippen LogP contribution in [0.5, 0.6) is 0 Å². The van der Waals surface area contributed by atoms with Crippen molar-refractivity contribution in [3.05, 3.63) is 35.4 Å². The fourth-order valence-corrected chi connectivity index (χ4v) is 3.70. The molecule has 0 saturated carbocycles. The van der Waals surface area contributed by atoms with E-state index in [0.29, 0.717) is 24.1 Å². The Morgan fingerprint density at radius 1 is 1.00 bits per heavy atom. The Labute approximate surface area is 227 Å². The highest BCUT2D eigenvalue weighted by atomic mass is 16.6. The first kappa shape index (κ1) is 32.5. The third kappa shape index (κ3) is 12.6. The van der Waals surface area contributed by atoms with Crippen LogP contribution >= 0.6 is 0 Å². The Kier molecular flexibility index (Phi) is 14.6. The molecule has 1 rings (SSSR count). The second kappa shape index (κ2) is 17.1. The van der Waals surface area contributed by atoms with Crippen LogP contribution in [-0.4, -0.2) is 60.6 Å². The van der Waals surface area contributed by atoms with Gasteiger partial charge < -0.3 is 25.0 Å². The molecule has 0 fully saturated rings. The molecule has 9 nitrogen and oxygen atoms in total. The topological polar surface area (TPSA) is 114 Å². The molecular formula is C29H43N3O6. The van der Waals surface area contributed by atoms with Crippen molar-refractivity contribution in [3.8, 4) is 12.3 Å². The summed E-state index contributed by atoms with van der Waals surface area (Å²) in [5, 5.41) is 5.25. The second-order valence-electron chi connectivity index (χ2n) is 9.87. The van der Waals surface area contributed by atoms with Crippen molar-refractivity contribution >= 4 is 23.9 Å². The quantitative estimate of drug-likeness (QED) is 0.201. The third-order valence-electron chi connectivity index (χ3n) is 5.49. The number of carbonyl (C=O) groups is 4. The Balaban J connectivity index is 3.18. The molecule has 0 radical (unpaired) electrons. The zero-order chi connectivity index (χ0) is 28.6. The lowest BCUT2D eigenvalue weighted by molar-refractivity contribution is -0.143. The molecule has 1 aromatic carbocycles. The molecule has 0 aliphatic heterocycles. The summed E-state index contributed by atoms with van der Waals surface area (Å²) in [7, 11) is 0. The van der Waals surface area contributed by atoms with Crippen LogP contribution in [0.4, 0.5) is 4.79 Å². The number of nitrogens with one attached hydrogen (secondary N) is 2. The summed E-state index contributed by atoms with van der Waals surface area (Å²) in [6.45, 7) is 9.31. The van der Waals surface area contributed by atoms with Crippen LogP contribution in [0.15, 0.2) is 24.3 Å². The van der Waals surface area contributed by atoms with Crippen molar-refractivity contribution in [2.75, 3.05) is 26.2 Å². The van der Waals surface area contributed by atoms with Crippen molar-refractivity contribution in [2.24, 2.45) is 0 Å². The number of nitrogens with zero attached hydrogens (tertiary/aromatic N) is 1. The van der Waals surface area contributed by atoms with Gasteiger partial charge in [0.15, 0.2) is 0 Å². The fraction of sp³-hybridized carbons (Fsp3) is 0.586. The molecule has 0 aliphatic rings. The van der Waals surface area contributed by atoms with Gasteiger partial charge in [-0.15, -0.1) is 6.42 Å². The summed E-state index contributed by atoms with van der Waals surface area (Å²) in [6, 6.07) is 5.85. The van der Waals surface area contributed by atoms with Crippen molar-refractivity contribution in [1.29, 1.82) is 0 Å². The van der Waals surface area contributed by atoms with Crippen molar-refractivity contribution in [1.82, 2.24) is 15.5 Å². The van der Waals surface area contributed by atoms with Gasteiger partial charge in [-0.25, -0.2) is 4.79 Å². The van der Waals surface area contributed by atoms with Crippen LogP contribution in [-0.2, 0) is 23.9 Å². The van der Waals surface area contributed by atoms with E-state index >= 15 is 0 Å². The first-order valence-electron chi connectivity index (χ1n) is 13.3. The molecule has 0 heterocycles. The minimum Gasteiger partial charge on any atom is -0.466 e. The van der Waals surface area contributed by atoms with E-state index in [4.69, 9.17) is 15.9 Å². The van der Waals surface area contributed by atoms with E-state index in [1.54, 1.807) is 52.0 Å². The maximum atomic E-state index is 13.4. The molecular weight excluding hydrogens is 486 g/mol. The average molecular weight is 530 g/mol. The lowest BCUT2D eigenvalue weighted by Crippen LogP contribution is -2.48. The number of hydrogen-bond donors (Lipinski definition) is 2. The van der Waals surface area contributed by atoms with E-state index < -0.39 is 35.5 Å². The van der Waals surface area contributed by atoms with Crippen LogP contribution < -0.4 is 10.6 Å². The highest BCUT2D eigenvalue weighted by Crippen LogP contribution is 2.23. The first-order valence-corrected chi connectivity index (χ1v) is 13.3. The van der Waals surface area contributed by atoms with E-state index in [-0.39, 0.29) is 26.1 Å². The van der Waals surface area contributed by atoms with Gasteiger partial charge in [0, 0.05) is 18.7 Å². The summed E-state index contributed by atoms with van der Waals surface area (Å²) in [6.07, 6.45) is 9.54. The lowest BCUT2D eigenvalue weighted by Gasteiger charge is -2.32.